The third-order valence-corrected chi connectivity index (χ3v) is 3.39. The van der Waals surface area contributed by atoms with Crippen molar-refractivity contribution in [2.45, 2.75) is 45.4 Å². The van der Waals surface area contributed by atoms with E-state index in [0.717, 1.165) is 0 Å². The number of hydrogen-bond donors (Lipinski definition) is 1. The zero-order chi connectivity index (χ0) is 12.3. The summed E-state index contributed by atoms with van der Waals surface area (Å²) >= 11 is 0. The maximum Gasteiger partial charge on any atom is 0.228 e. The predicted octanol–water partition coefficient (Wildman–Crippen LogP) is 3.33. The molecule has 0 aliphatic heterocycles. The maximum absolute atomic E-state index is 11.5. The highest BCUT2D eigenvalue weighted by atomic mass is 16.1. The highest BCUT2D eigenvalue weighted by molar-refractivity contribution is 5.91. The highest BCUT2D eigenvalue weighted by Gasteiger charge is 2.17. The van der Waals surface area contributed by atoms with Gasteiger partial charge in [-0.2, -0.15) is 0 Å². The molecule has 0 bridgehead atoms. The molecule has 1 amide bonds. The third kappa shape index (κ3) is 3.05. The van der Waals surface area contributed by atoms with Crippen LogP contribution in [0.15, 0.2) is 18.3 Å². The van der Waals surface area contributed by atoms with Gasteiger partial charge >= 0.3 is 0 Å². The Morgan fingerprint density at radius 1 is 1.35 bits per heavy atom. The molecular formula is C14H20N2O. The molecule has 0 spiro atoms. The lowest BCUT2D eigenvalue weighted by Crippen LogP contribution is -2.18. The summed E-state index contributed by atoms with van der Waals surface area (Å²) in [6, 6.07) is 4.01. The van der Waals surface area contributed by atoms with E-state index in [1.807, 2.05) is 26.1 Å². The van der Waals surface area contributed by atoms with Gasteiger partial charge in [-0.3, -0.25) is 4.79 Å². The molecule has 0 aromatic carbocycles. The number of hydrogen-bond acceptors (Lipinski definition) is 2. The average Bonchev–Trinajstić information content (AvgIpc) is 2.83. The molecule has 0 unspecified atom stereocenters. The molecule has 0 saturated heterocycles. The van der Waals surface area contributed by atoms with E-state index < -0.39 is 0 Å². The van der Waals surface area contributed by atoms with Crippen molar-refractivity contribution >= 4 is 11.7 Å². The van der Waals surface area contributed by atoms with Gasteiger partial charge in [0.1, 0.15) is 5.82 Å². The molecule has 1 aromatic heterocycles. The average molecular weight is 232 g/mol. The van der Waals surface area contributed by atoms with Crippen LogP contribution >= 0.6 is 0 Å². The number of nitrogens with one attached hydrogen (secondary N) is 1. The fraction of sp³-hybridized carbons (Fsp3) is 0.571. The Morgan fingerprint density at radius 3 is 2.59 bits per heavy atom. The van der Waals surface area contributed by atoms with Crippen LogP contribution in [0.5, 0.6) is 0 Å². The van der Waals surface area contributed by atoms with Crippen LogP contribution in [0.4, 0.5) is 5.82 Å². The van der Waals surface area contributed by atoms with Crippen LogP contribution in [-0.2, 0) is 4.79 Å². The highest BCUT2D eigenvalue weighted by Crippen LogP contribution is 2.33. The molecule has 92 valence electrons. The van der Waals surface area contributed by atoms with Gasteiger partial charge in [-0.05, 0) is 30.4 Å². The molecule has 1 aromatic rings. The lowest BCUT2D eigenvalue weighted by atomic mass is 10.00. The van der Waals surface area contributed by atoms with Gasteiger partial charge in [0.05, 0.1) is 0 Å². The third-order valence-electron chi connectivity index (χ3n) is 3.39. The summed E-state index contributed by atoms with van der Waals surface area (Å²) in [6.07, 6.45) is 7.12. The smallest absolute Gasteiger partial charge is 0.228 e. The fourth-order valence-corrected chi connectivity index (χ4v) is 2.25. The number of anilines is 1. The van der Waals surface area contributed by atoms with Crippen molar-refractivity contribution in [2.24, 2.45) is 5.92 Å². The van der Waals surface area contributed by atoms with Crippen molar-refractivity contribution in [3.05, 3.63) is 23.9 Å². The minimum Gasteiger partial charge on any atom is -0.310 e. The minimum atomic E-state index is -0.00805. The van der Waals surface area contributed by atoms with Crippen molar-refractivity contribution in [3.63, 3.8) is 0 Å². The molecule has 2 rings (SSSR count). The van der Waals surface area contributed by atoms with Crippen LogP contribution in [-0.4, -0.2) is 10.9 Å². The largest absolute Gasteiger partial charge is 0.310 e. The van der Waals surface area contributed by atoms with Gasteiger partial charge in [0.15, 0.2) is 0 Å². The molecule has 17 heavy (non-hydrogen) atoms. The molecule has 1 N–H and O–H groups in total. The summed E-state index contributed by atoms with van der Waals surface area (Å²) in [5.41, 5.74) is 1.31. The Bertz CT molecular complexity index is 378. The second-order valence-electron chi connectivity index (χ2n) is 5.10. The van der Waals surface area contributed by atoms with Gasteiger partial charge in [0.2, 0.25) is 5.91 Å². The van der Waals surface area contributed by atoms with Crippen molar-refractivity contribution in [1.82, 2.24) is 4.98 Å². The minimum absolute atomic E-state index is 0.00805. The van der Waals surface area contributed by atoms with Crippen LogP contribution < -0.4 is 5.32 Å². The van der Waals surface area contributed by atoms with E-state index in [9.17, 15) is 4.79 Å². The second kappa shape index (κ2) is 5.30. The van der Waals surface area contributed by atoms with E-state index in [1.54, 1.807) is 0 Å². The SMILES string of the molecule is CC(C)C(=O)Nc1ccc(C2CCCC2)cn1. The van der Waals surface area contributed by atoms with E-state index in [2.05, 4.69) is 16.4 Å². The number of amides is 1. The van der Waals surface area contributed by atoms with Crippen molar-refractivity contribution in [3.8, 4) is 0 Å². The molecule has 1 heterocycles. The number of nitrogens with zero attached hydrogens (tertiary/aromatic N) is 1. The van der Waals surface area contributed by atoms with Crippen LogP contribution in [0, 0.1) is 5.92 Å². The molecule has 1 saturated carbocycles. The summed E-state index contributed by atoms with van der Waals surface area (Å²) < 4.78 is 0. The van der Waals surface area contributed by atoms with E-state index in [0.29, 0.717) is 11.7 Å². The first-order valence-corrected chi connectivity index (χ1v) is 6.43. The van der Waals surface area contributed by atoms with Gasteiger partial charge in [-0.15, -0.1) is 0 Å². The molecule has 1 aliphatic rings. The summed E-state index contributed by atoms with van der Waals surface area (Å²) in [5, 5.41) is 2.81. The molecule has 3 nitrogen and oxygen atoms in total. The zero-order valence-corrected chi connectivity index (χ0v) is 10.6. The Balaban J connectivity index is 2.00. The summed E-state index contributed by atoms with van der Waals surface area (Å²) in [7, 11) is 0. The van der Waals surface area contributed by atoms with E-state index >= 15 is 0 Å². The topological polar surface area (TPSA) is 42.0 Å². The van der Waals surface area contributed by atoms with Gasteiger partial charge in [-0.25, -0.2) is 4.98 Å². The first kappa shape index (κ1) is 12.1. The van der Waals surface area contributed by atoms with Gasteiger partial charge in [0.25, 0.3) is 0 Å². The lowest BCUT2D eigenvalue weighted by molar-refractivity contribution is -0.118. The normalized spacial score (nSPS) is 16.4. The number of aromatic nitrogens is 1. The zero-order valence-electron chi connectivity index (χ0n) is 10.6. The molecular weight excluding hydrogens is 212 g/mol. The Hall–Kier alpha value is -1.38. The Kier molecular flexibility index (Phi) is 3.77. The van der Waals surface area contributed by atoms with Crippen LogP contribution in [0.1, 0.15) is 51.0 Å². The van der Waals surface area contributed by atoms with Crippen LogP contribution in [0.25, 0.3) is 0 Å². The van der Waals surface area contributed by atoms with Gasteiger partial charge < -0.3 is 5.32 Å². The fourth-order valence-electron chi connectivity index (χ4n) is 2.25. The molecule has 0 radical (unpaired) electrons. The quantitative estimate of drug-likeness (QED) is 0.868. The molecule has 1 aliphatic carbocycles. The second-order valence-corrected chi connectivity index (χ2v) is 5.10. The Labute approximate surface area is 103 Å². The number of carbonyl (C=O) groups is 1. The molecule has 1 fully saturated rings. The Morgan fingerprint density at radius 2 is 2.06 bits per heavy atom. The lowest BCUT2D eigenvalue weighted by Gasteiger charge is -2.10. The monoisotopic (exact) mass is 232 g/mol. The van der Waals surface area contributed by atoms with E-state index in [4.69, 9.17) is 0 Å². The number of pyridine rings is 1. The number of rotatable bonds is 3. The maximum atomic E-state index is 11.5. The summed E-state index contributed by atoms with van der Waals surface area (Å²) in [5.74, 6) is 1.35. The van der Waals surface area contributed by atoms with Gasteiger partial charge in [-0.1, -0.05) is 32.8 Å². The summed E-state index contributed by atoms with van der Waals surface area (Å²) in [4.78, 5) is 15.8. The predicted molar refractivity (Wildman–Crippen MR) is 68.9 cm³/mol. The van der Waals surface area contributed by atoms with E-state index in [1.165, 1.54) is 31.2 Å². The van der Waals surface area contributed by atoms with Crippen molar-refractivity contribution in [2.75, 3.05) is 5.32 Å². The first-order valence-electron chi connectivity index (χ1n) is 6.43. The molecule has 0 atom stereocenters. The first-order chi connectivity index (χ1) is 8.16. The van der Waals surface area contributed by atoms with Crippen LogP contribution in [0.2, 0.25) is 0 Å². The number of carbonyl (C=O) groups excluding carboxylic acids is 1. The van der Waals surface area contributed by atoms with E-state index in [-0.39, 0.29) is 11.8 Å². The van der Waals surface area contributed by atoms with Gasteiger partial charge in [0, 0.05) is 12.1 Å². The summed E-state index contributed by atoms with van der Waals surface area (Å²) in [6.45, 7) is 3.75. The van der Waals surface area contributed by atoms with Crippen LogP contribution in [0.3, 0.4) is 0 Å². The van der Waals surface area contributed by atoms with Crippen molar-refractivity contribution < 1.29 is 4.79 Å². The standard InChI is InChI=1S/C14H20N2O/c1-10(2)14(17)16-13-8-7-12(9-15-13)11-5-3-4-6-11/h7-11H,3-6H2,1-2H3,(H,15,16,17). The van der Waals surface area contributed by atoms with Crippen molar-refractivity contribution in [1.29, 1.82) is 0 Å². The molecule has 3 heteroatoms.